The molecule has 0 heterocycles. The molecule has 21 heavy (non-hydrogen) atoms. The number of rotatable bonds is 11. The van der Waals surface area contributed by atoms with Gasteiger partial charge in [-0.25, -0.2) is 0 Å². The average Bonchev–Trinajstić information content (AvgIpc) is 2.49. The molecule has 120 valence electrons. The summed E-state index contributed by atoms with van der Waals surface area (Å²) in [6.45, 7) is 10.7. The summed E-state index contributed by atoms with van der Waals surface area (Å²) in [4.78, 5) is 0. The maximum atomic E-state index is 5.73. The van der Waals surface area contributed by atoms with E-state index in [0.29, 0.717) is 19.3 Å². The van der Waals surface area contributed by atoms with Crippen molar-refractivity contribution in [3.63, 3.8) is 0 Å². The average molecular weight is 293 g/mol. The zero-order chi connectivity index (χ0) is 15.5. The van der Waals surface area contributed by atoms with Crippen LogP contribution < -0.4 is 14.8 Å². The normalized spacial score (nSPS) is 12.2. The molecule has 0 amide bonds. The number of nitrogens with one attached hydrogen (secondary N) is 1. The van der Waals surface area contributed by atoms with Crippen LogP contribution in [0, 0.1) is 0 Å². The molecule has 0 aliphatic rings. The predicted molar refractivity (Wildman–Crippen MR) is 89.3 cm³/mol. The lowest BCUT2D eigenvalue weighted by molar-refractivity contribution is 0.287. The van der Waals surface area contributed by atoms with Gasteiger partial charge in [0.1, 0.15) is 0 Å². The molecule has 3 nitrogen and oxygen atoms in total. The van der Waals surface area contributed by atoms with Crippen LogP contribution in [-0.2, 0) is 0 Å². The van der Waals surface area contributed by atoms with Crippen molar-refractivity contribution in [3.8, 4) is 11.5 Å². The molecule has 0 bridgehead atoms. The van der Waals surface area contributed by atoms with Crippen LogP contribution in [0.2, 0.25) is 0 Å². The molecule has 1 N–H and O–H groups in total. The Morgan fingerprint density at radius 1 is 0.952 bits per heavy atom. The first-order valence-electron chi connectivity index (χ1n) is 8.39. The third-order valence-electron chi connectivity index (χ3n) is 3.52. The maximum Gasteiger partial charge on any atom is 0.161 e. The zero-order valence-electron chi connectivity index (χ0n) is 14.1. The summed E-state index contributed by atoms with van der Waals surface area (Å²) in [5.74, 6) is 1.70. The highest BCUT2D eigenvalue weighted by molar-refractivity contribution is 5.44. The van der Waals surface area contributed by atoms with E-state index in [-0.39, 0.29) is 0 Å². The second-order valence-electron chi connectivity index (χ2n) is 5.18. The number of unbranched alkanes of at least 4 members (excludes halogenated alkanes) is 2. The van der Waals surface area contributed by atoms with Crippen LogP contribution in [0.25, 0.3) is 0 Å². The second-order valence-corrected chi connectivity index (χ2v) is 5.18. The van der Waals surface area contributed by atoms with Gasteiger partial charge in [-0.1, -0.05) is 39.2 Å². The van der Waals surface area contributed by atoms with Gasteiger partial charge in [-0.3, -0.25) is 0 Å². The first-order valence-corrected chi connectivity index (χ1v) is 8.39. The van der Waals surface area contributed by atoms with Crippen LogP contribution in [0.3, 0.4) is 0 Å². The largest absolute Gasteiger partial charge is 0.490 e. The van der Waals surface area contributed by atoms with Crippen LogP contribution >= 0.6 is 0 Å². The van der Waals surface area contributed by atoms with E-state index in [1.807, 2.05) is 19.9 Å². The van der Waals surface area contributed by atoms with E-state index in [2.05, 4.69) is 31.3 Å². The number of hydrogen-bond donors (Lipinski definition) is 1. The van der Waals surface area contributed by atoms with Gasteiger partial charge in [0.15, 0.2) is 11.5 Å². The van der Waals surface area contributed by atoms with Crippen molar-refractivity contribution in [1.29, 1.82) is 0 Å². The van der Waals surface area contributed by atoms with E-state index < -0.39 is 0 Å². The van der Waals surface area contributed by atoms with Crippen LogP contribution in [0.15, 0.2) is 18.2 Å². The van der Waals surface area contributed by atoms with Gasteiger partial charge in [-0.15, -0.1) is 0 Å². The fourth-order valence-corrected chi connectivity index (χ4v) is 2.52. The van der Waals surface area contributed by atoms with E-state index >= 15 is 0 Å². The van der Waals surface area contributed by atoms with Crippen molar-refractivity contribution in [2.24, 2.45) is 0 Å². The topological polar surface area (TPSA) is 30.5 Å². The summed E-state index contributed by atoms with van der Waals surface area (Å²) < 4.78 is 11.4. The van der Waals surface area contributed by atoms with Crippen molar-refractivity contribution in [1.82, 2.24) is 5.32 Å². The van der Waals surface area contributed by atoms with Gasteiger partial charge >= 0.3 is 0 Å². The molecule has 0 fully saturated rings. The molecular formula is C18H31NO2. The summed E-state index contributed by atoms with van der Waals surface area (Å²) in [6, 6.07) is 6.73. The van der Waals surface area contributed by atoms with Gasteiger partial charge in [0, 0.05) is 6.04 Å². The Morgan fingerprint density at radius 3 is 2.29 bits per heavy atom. The summed E-state index contributed by atoms with van der Waals surface area (Å²) in [5.41, 5.74) is 1.29. The van der Waals surface area contributed by atoms with E-state index in [4.69, 9.17) is 9.47 Å². The van der Waals surface area contributed by atoms with Gasteiger partial charge < -0.3 is 14.8 Å². The standard InChI is InChI=1S/C18H31NO2/c1-5-9-10-11-16(19-6-2)15-12-13-17(20-7-3)18(14-15)21-8-4/h12-14,16,19H,5-11H2,1-4H3. The van der Waals surface area contributed by atoms with Gasteiger partial charge in [0.25, 0.3) is 0 Å². The molecule has 0 spiro atoms. The third-order valence-corrected chi connectivity index (χ3v) is 3.52. The minimum atomic E-state index is 0.399. The number of hydrogen-bond acceptors (Lipinski definition) is 3. The quantitative estimate of drug-likeness (QED) is 0.599. The predicted octanol–water partition coefficient (Wildman–Crippen LogP) is 4.71. The SMILES string of the molecule is CCCCCC(NCC)c1ccc(OCC)c(OCC)c1. The Kier molecular flexibility index (Phi) is 8.91. The summed E-state index contributed by atoms with van der Waals surface area (Å²) in [5, 5.41) is 3.58. The molecule has 1 aromatic rings. The van der Waals surface area contributed by atoms with Gasteiger partial charge in [0.2, 0.25) is 0 Å². The molecule has 0 aromatic heterocycles. The maximum absolute atomic E-state index is 5.73. The smallest absolute Gasteiger partial charge is 0.161 e. The first kappa shape index (κ1) is 17.8. The first-order chi connectivity index (χ1) is 10.3. The Labute approximate surface area is 130 Å². The number of ether oxygens (including phenoxy) is 2. The molecule has 0 saturated heterocycles. The van der Waals surface area contributed by atoms with Crippen molar-refractivity contribution < 1.29 is 9.47 Å². The highest BCUT2D eigenvalue weighted by Crippen LogP contribution is 2.32. The number of benzene rings is 1. The van der Waals surface area contributed by atoms with Crippen LogP contribution in [0.1, 0.15) is 65.0 Å². The highest BCUT2D eigenvalue weighted by Gasteiger charge is 2.13. The molecule has 1 atom stereocenters. The van der Waals surface area contributed by atoms with Crippen LogP contribution in [-0.4, -0.2) is 19.8 Å². The molecule has 0 saturated carbocycles. The summed E-state index contributed by atoms with van der Waals surface area (Å²) >= 11 is 0. The van der Waals surface area contributed by atoms with Crippen molar-refractivity contribution in [3.05, 3.63) is 23.8 Å². The summed E-state index contributed by atoms with van der Waals surface area (Å²) in [6.07, 6.45) is 4.97. The van der Waals surface area contributed by atoms with Crippen LogP contribution in [0.5, 0.6) is 11.5 Å². The summed E-state index contributed by atoms with van der Waals surface area (Å²) in [7, 11) is 0. The fraction of sp³-hybridized carbons (Fsp3) is 0.667. The van der Waals surface area contributed by atoms with E-state index in [1.54, 1.807) is 0 Å². The Bertz CT molecular complexity index is 393. The molecule has 0 aliphatic heterocycles. The third kappa shape index (κ3) is 5.96. The van der Waals surface area contributed by atoms with Gasteiger partial charge in [-0.05, 0) is 44.5 Å². The second kappa shape index (κ2) is 10.5. The minimum Gasteiger partial charge on any atom is -0.490 e. The van der Waals surface area contributed by atoms with E-state index in [1.165, 1.54) is 31.2 Å². The van der Waals surface area contributed by atoms with Crippen molar-refractivity contribution >= 4 is 0 Å². The Balaban J connectivity index is 2.88. The minimum absolute atomic E-state index is 0.399. The van der Waals surface area contributed by atoms with Gasteiger partial charge in [-0.2, -0.15) is 0 Å². The lowest BCUT2D eigenvalue weighted by Gasteiger charge is -2.20. The van der Waals surface area contributed by atoms with Crippen molar-refractivity contribution in [2.45, 2.75) is 59.4 Å². The lowest BCUT2D eigenvalue weighted by Crippen LogP contribution is -2.21. The Hall–Kier alpha value is -1.22. The highest BCUT2D eigenvalue weighted by atomic mass is 16.5. The molecule has 1 rings (SSSR count). The fourth-order valence-electron chi connectivity index (χ4n) is 2.52. The molecular weight excluding hydrogens is 262 g/mol. The molecule has 3 heteroatoms. The molecule has 0 aliphatic carbocycles. The van der Waals surface area contributed by atoms with E-state index in [0.717, 1.165) is 18.0 Å². The molecule has 1 aromatic carbocycles. The monoisotopic (exact) mass is 293 g/mol. The van der Waals surface area contributed by atoms with E-state index in [9.17, 15) is 0 Å². The molecule has 1 unspecified atom stereocenters. The van der Waals surface area contributed by atoms with Crippen molar-refractivity contribution in [2.75, 3.05) is 19.8 Å². The zero-order valence-corrected chi connectivity index (χ0v) is 14.1. The Morgan fingerprint density at radius 2 is 1.67 bits per heavy atom. The molecule has 0 radical (unpaired) electrons. The van der Waals surface area contributed by atoms with Gasteiger partial charge in [0.05, 0.1) is 13.2 Å². The lowest BCUT2D eigenvalue weighted by atomic mass is 10.00. The van der Waals surface area contributed by atoms with Crippen LogP contribution in [0.4, 0.5) is 0 Å².